The molecule has 0 fully saturated rings. The normalized spacial score (nSPS) is 12.7. The number of aliphatic carboxylic acids is 1. The van der Waals surface area contributed by atoms with Crippen LogP contribution in [0.3, 0.4) is 0 Å². The third-order valence-corrected chi connectivity index (χ3v) is 2.91. The van der Waals surface area contributed by atoms with Gasteiger partial charge in [0.05, 0.1) is 5.75 Å². The summed E-state index contributed by atoms with van der Waals surface area (Å²) in [5.41, 5.74) is 0. The van der Waals surface area contributed by atoms with Crippen molar-refractivity contribution in [2.24, 2.45) is 0 Å². The van der Waals surface area contributed by atoms with Crippen LogP contribution in [0.25, 0.3) is 0 Å². The van der Waals surface area contributed by atoms with Gasteiger partial charge in [-0.25, -0.2) is 4.79 Å². The van der Waals surface area contributed by atoms with Gasteiger partial charge in [0, 0.05) is 12.2 Å². The van der Waals surface area contributed by atoms with Gasteiger partial charge in [0.25, 0.3) is 0 Å². The first-order chi connectivity index (χ1) is 7.13. The molecule has 0 saturated heterocycles. The second kappa shape index (κ2) is 5.82. The summed E-state index contributed by atoms with van der Waals surface area (Å²) in [7, 11) is 0. The van der Waals surface area contributed by atoms with Crippen molar-refractivity contribution >= 4 is 17.7 Å². The maximum atomic E-state index is 10.3. The van der Waals surface area contributed by atoms with Gasteiger partial charge in [-0.1, -0.05) is 6.92 Å². The molecule has 0 saturated carbocycles. The van der Waals surface area contributed by atoms with E-state index in [1.54, 1.807) is 0 Å². The standard InChI is InChI=1S/C10H14O4S/c1-2-7-3-4-8(14-7)5-15-6-9(11)10(12)13/h3-4,9,11H,2,5-6H2,1H3,(H,12,13). The molecule has 1 unspecified atom stereocenters. The molecule has 4 nitrogen and oxygen atoms in total. The van der Waals surface area contributed by atoms with Gasteiger partial charge in [-0.05, 0) is 12.1 Å². The third-order valence-electron chi connectivity index (χ3n) is 1.87. The zero-order chi connectivity index (χ0) is 11.3. The fourth-order valence-electron chi connectivity index (χ4n) is 1.03. The van der Waals surface area contributed by atoms with E-state index in [0.717, 1.165) is 17.9 Å². The van der Waals surface area contributed by atoms with Crippen LogP contribution in [0.1, 0.15) is 18.4 Å². The topological polar surface area (TPSA) is 70.7 Å². The van der Waals surface area contributed by atoms with Gasteiger partial charge in [0.15, 0.2) is 6.10 Å². The average Bonchev–Trinajstić information content (AvgIpc) is 2.65. The number of aliphatic hydroxyl groups excluding tert-OH is 1. The number of aryl methyl sites for hydroxylation is 1. The Morgan fingerprint density at radius 2 is 2.20 bits per heavy atom. The maximum absolute atomic E-state index is 10.3. The van der Waals surface area contributed by atoms with E-state index in [1.807, 2.05) is 19.1 Å². The van der Waals surface area contributed by atoms with E-state index in [1.165, 1.54) is 11.8 Å². The van der Waals surface area contributed by atoms with Gasteiger partial charge < -0.3 is 14.6 Å². The molecule has 0 amide bonds. The Balaban J connectivity index is 2.28. The van der Waals surface area contributed by atoms with Crippen molar-refractivity contribution in [3.05, 3.63) is 23.7 Å². The number of carboxylic acid groups (broad SMARTS) is 1. The maximum Gasteiger partial charge on any atom is 0.333 e. The molecule has 1 aromatic rings. The molecule has 0 aromatic carbocycles. The van der Waals surface area contributed by atoms with Crippen LogP contribution in [0.4, 0.5) is 0 Å². The van der Waals surface area contributed by atoms with Crippen molar-refractivity contribution in [1.82, 2.24) is 0 Å². The summed E-state index contributed by atoms with van der Waals surface area (Å²) < 4.78 is 5.43. The number of furan rings is 1. The summed E-state index contributed by atoms with van der Waals surface area (Å²) in [5.74, 6) is 1.32. The lowest BCUT2D eigenvalue weighted by Gasteiger charge is -2.03. The Labute approximate surface area is 92.3 Å². The molecular weight excluding hydrogens is 216 g/mol. The monoisotopic (exact) mass is 230 g/mol. The van der Waals surface area contributed by atoms with Crippen LogP contribution in [-0.2, 0) is 17.0 Å². The first-order valence-corrected chi connectivity index (χ1v) is 5.85. The molecule has 0 radical (unpaired) electrons. The minimum absolute atomic E-state index is 0.178. The summed E-state index contributed by atoms with van der Waals surface area (Å²) in [6, 6.07) is 3.78. The highest BCUT2D eigenvalue weighted by molar-refractivity contribution is 7.98. The lowest BCUT2D eigenvalue weighted by molar-refractivity contribution is -0.145. The minimum Gasteiger partial charge on any atom is -0.479 e. The van der Waals surface area contributed by atoms with Crippen molar-refractivity contribution in [3.8, 4) is 0 Å². The van der Waals surface area contributed by atoms with E-state index in [0.29, 0.717) is 5.75 Å². The van der Waals surface area contributed by atoms with Gasteiger partial charge in [0.2, 0.25) is 0 Å². The highest BCUT2D eigenvalue weighted by Gasteiger charge is 2.12. The van der Waals surface area contributed by atoms with Crippen molar-refractivity contribution < 1.29 is 19.4 Å². The molecule has 1 heterocycles. The van der Waals surface area contributed by atoms with E-state index in [2.05, 4.69) is 0 Å². The molecule has 1 atom stereocenters. The van der Waals surface area contributed by atoms with Crippen LogP contribution in [0.2, 0.25) is 0 Å². The van der Waals surface area contributed by atoms with Crippen molar-refractivity contribution in [3.63, 3.8) is 0 Å². The Morgan fingerprint density at radius 3 is 2.73 bits per heavy atom. The van der Waals surface area contributed by atoms with Gasteiger partial charge in [-0.3, -0.25) is 0 Å². The van der Waals surface area contributed by atoms with Crippen molar-refractivity contribution in [1.29, 1.82) is 0 Å². The highest BCUT2D eigenvalue weighted by Crippen LogP contribution is 2.16. The Hall–Kier alpha value is -0.940. The number of hydrogen-bond acceptors (Lipinski definition) is 4. The smallest absolute Gasteiger partial charge is 0.333 e. The van der Waals surface area contributed by atoms with Crippen LogP contribution in [-0.4, -0.2) is 28.0 Å². The number of carbonyl (C=O) groups is 1. The molecule has 0 bridgehead atoms. The molecule has 2 N–H and O–H groups in total. The van der Waals surface area contributed by atoms with Crippen LogP contribution >= 0.6 is 11.8 Å². The van der Waals surface area contributed by atoms with Gasteiger partial charge in [-0.2, -0.15) is 11.8 Å². The predicted molar refractivity (Wildman–Crippen MR) is 57.9 cm³/mol. The second-order valence-corrected chi connectivity index (χ2v) is 4.12. The summed E-state index contributed by atoms with van der Waals surface area (Å²) in [6.07, 6.45) is -0.446. The van der Waals surface area contributed by atoms with Crippen LogP contribution < -0.4 is 0 Å². The average molecular weight is 230 g/mol. The van der Waals surface area contributed by atoms with Crippen LogP contribution in [0.5, 0.6) is 0 Å². The molecule has 5 heteroatoms. The quantitative estimate of drug-likeness (QED) is 0.775. The van der Waals surface area contributed by atoms with Crippen molar-refractivity contribution in [2.75, 3.05) is 5.75 Å². The summed E-state index contributed by atoms with van der Waals surface area (Å²) in [6.45, 7) is 2.00. The number of aliphatic hydroxyl groups is 1. The lowest BCUT2D eigenvalue weighted by atomic mass is 10.4. The molecule has 0 aliphatic heterocycles. The van der Waals surface area contributed by atoms with Crippen molar-refractivity contribution in [2.45, 2.75) is 25.2 Å². The second-order valence-electron chi connectivity index (χ2n) is 3.09. The molecule has 0 aliphatic carbocycles. The summed E-state index contributed by atoms with van der Waals surface area (Å²) in [4.78, 5) is 10.3. The van der Waals surface area contributed by atoms with Crippen LogP contribution in [0.15, 0.2) is 16.5 Å². The molecule has 1 rings (SSSR count). The fraction of sp³-hybridized carbons (Fsp3) is 0.500. The number of thioether (sulfide) groups is 1. The lowest BCUT2D eigenvalue weighted by Crippen LogP contribution is -2.21. The van der Waals surface area contributed by atoms with Gasteiger partial charge in [0.1, 0.15) is 11.5 Å². The first kappa shape index (κ1) is 12.1. The zero-order valence-corrected chi connectivity index (χ0v) is 9.29. The molecular formula is C10H14O4S. The van der Waals surface area contributed by atoms with E-state index in [9.17, 15) is 4.79 Å². The third kappa shape index (κ3) is 3.97. The zero-order valence-electron chi connectivity index (χ0n) is 8.47. The first-order valence-electron chi connectivity index (χ1n) is 4.69. The van der Waals surface area contributed by atoms with E-state index in [-0.39, 0.29) is 5.75 Å². The summed E-state index contributed by atoms with van der Waals surface area (Å²) >= 11 is 1.34. The molecule has 15 heavy (non-hydrogen) atoms. The van der Waals surface area contributed by atoms with E-state index < -0.39 is 12.1 Å². The van der Waals surface area contributed by atoms with Gasteiger partial charge >= 0.3 is 5.97 Å². The SMILES string of the molecule is CCc1ccc(CSCC(O)C(=O)O)o1. The molecule has 0 aliphatic rings. The number of carboxylic acids is 1. The van der Waals surface area contributed by atoms with Crippen LogP contribution in [0, 0.1) is 0 Å². The highest BCUT2D eigenvalue weighted by atomic mass is 32.2. The molecule has 0 spiro atoms. The van der Waals surface area contributed by atoms with E-state index >= 15 is 0 Å². The Kier molecular flexibility index (Phi) is 4.71. The Morgan fingerprint density at radius 1 is 1.53 bits per heavy atom. The van der Waals surface area contributed by atoms with Gasteiger partial charge in [-0.15, -0.1) is 0 Å². The Bertz CT molecular complexity index is 321. The largest absolute Gasteiger partial charge is 0.479 e. The fourth-order valence-corrected chi connectivity index (χ4v) is 1.87. The molecule has 84 valence electrons. The molecule has 1 aromatic heterocycles. The minimum atomic E-state index is -1.30. The van der Waals surface area contributed by atoms with E-state index in [4.69, 9.17) is 14.6 Å². The number of hydrogen-bond donors (Lipinski definition) is 2. The summed E-state index contributed by atoms with van der Waals surface area (Å²) in [5, 5.41) is 17.4. The predicted octanol–water partition coefficient (Wildman–Crippen LogP) is 1.52. The number of rotatable bonds is 6.